The number of anilines is 1. The third-order valence-corrected chi connectivity index (χ3v) is 3.15. The van der Waals surface area contributed by atoms with E-state index in [0.717, 1.165) is 22.7 Å². The van der Waals surface area contributed by atoms with Gasteiger partial charge in [0.2, 0.25) is 0 Å². The molecule has 2 aromatic rings. The van der Waals surface area contributed by atoms with Gasteiger partial charge in [0, 0.05) is 12.7 Å². The summed E-state index contributed by atoms with van der Waals surface area (Å²) in [6.07, 6.45) is 1.66. The van der Waals surface area contributed by atoms with Crippen LogP contribution in [0.25, 0.3) is 0 Å². The van der Waals surface area contributed by atoms with Crippen molar-refractivity contribution in [2.45, 2.75) is 6.54 Å². The molecule has 98 valence electrons. The summed E-state index contributed by atoms with van der Waals surface area (Å²) in [5.74, 6) is 1.59. The molecule has 1 aromatic heterocycles. The second kappa shape index (κ2) is 5.36. The van der Waals surface area contributed by atoms with E-state index in [-0.39, 0.29) is 0 Å². The first-order valence-electron chi connectivity index (χ1n) is 6.06. The van der Waals surface area contributed by atoms with E-state index < -0.39 is 0 Å². The fourth-order valence-electron chi connectivity index (χ4n) is 1.91. The summed E-state index contributed by atoms with van der Waals surface area (Å²) in [6.45, 7) is 1.86. The number of rotatable bonds is 3. The van der Waals surface area contributed by atoms with Gasteiger partial charge in [0.15, 0.2) is 16.7 Å². The zero-order chi connectivity index (χ0) is 13.1. The second-order valence-electron chi connectivity index (χ2n) is 4.17. The van der Waals surface area contributed by atoms with Gasteiger partial charge >= 0.3 is 0 Å². The van der Waals surface area contributed by atoms with Crippen LogP contribution in [0.15, 0.2) is 36.5 Å². The van der Waals surface area contributed by atoms with E-state index in [9.17, 15) is 0 Å². The van der Waals surface area contributed by atoms with Crippen molar-refractivity contribution in [1.82, 2.24) is 4.98 Å². The van der Waals surface area contributed by atoms with Gasteiger partial charge in [0.05, 0.1) is 5.69 Å². The molecule has 0 bridgehead atoms. The van der Waals surface area contributed by atoms with Crippen LogP contribution >= 0.6 is 11.6 Å². The zero-order valence-corrected chi connectivity index (χ0v) is 11.0. The molecule has 19 heavy (non-hydrogen) atoms. The number of halogens is 1. The van der Waals surface area contributed by atoms with Crippen LogP contribution in [-0.2, 0) is 6.54 Å². The highest BCUT2D eigenvalue weighted by molar-refractivity contribution is 6.31. The van der Waals surface area contributed by atoms with Crippen molar-refractivity contribution in [3.63, 3.8) is 0 Å². The molecule has 5 heteroatoms. The van der Waals surface area contributed by atoms with Gasteiger partial charge in [-0.1, -0.05) is 17.7 Å². The topological polar surface area (TPSA) is 43.4 Å². The van der Waals surface area contributed by atoms with Crippen LogP contribution in [0, 0.1) is 0 Å². The molecule has 0 aliphatic carbocycles. The van der Waals surface area contributed by atoms with E-state index in [0.29, 0.717) is 24.9 Å². The van der Waals surface area contributed by atoms with Crippen LogP contribution < -0.4 is 14.8 Å². The standard InChI is InChI=1S/C14H13ClN2O2/c15-14-11(2-1-5-16-14)17-9-10-3-4-12-13(8-10)19-7-6-18-12/h1-5,8,17H,6-7,9H2. The Hall–Kier alpha value is -1.94. The van der Waals surface area contributed by atoms with E-state index in [1.807, 2.05) is 30.3 Å². The third-order valence-electron chi connectivity index (χ3n) is 2.85. The van der Waals surface area contributed by atoms with Gasteiger partial charge in [-0.25, -0.2) is 4.98 Å². The number of hydrogen-bond donors (Lipinski definition) is 1. The number of fused-ring (bicyclic) bond motifs is 1. The number of benzene rings is 1. The minimum Gasteiger partial charge on any atom is -0.486 e. The van der Waals surface area contributed by atoms with Crippen molar-refractivity contribution in [3.8, 4) is 11.5 Å². The molecular weight excluding hydrogens is 264 g/mol. The fourth-order valence-corrected chi connectivity index (χ4v) is 2.10. The van der Waals surface area contributed by atoms with E-state index in [1.54, 1.807) is 6.20 Å². The summed E-state index contributed by atoms with van der Waals surface area (Å²) in [7, 11) is 0. The highest BCUT2D eigenvalue weighted by Gasteiger charge is 2.11. The maximum Gasteiger partial charge on any atom is 0.161 e. The van der Waals surface area contributed by atoms with Gasteiger partial charge in [-0.2, -0.15) is 0 Å². The maximum atomic E-state index is 5.99. The van der Waals surface area contributed by atoms with Crippen LogP contribution in [0.1, 0.15) is 5.56 Å². The number of nitrogens with one attached hydrogen (secondary N) is 1. The van der Waals surface area contributed by atoms with Crippen molar-refractivity contribution in [1.29, 1.82) is 0 Å². The Labute approximate surface area is 116 Å². The average molecular weight is 277 g/mol. The third kappa shape index (κ3) is 2.74. The van der Waals surface area contributed by atoms with Gasteiger partial charge in [-0.05, 0) is 29.8 Å². The Balaban J connectivity index is 1.72. The molecule has 0 atom stereocenters. The normalized spacial score (nSPS) is 13.1. The van der Waals surface area contributed by atoms with Crippen molar-refractivity contribution < 1.29 is 9.47 Å². The average Bonchev–Trinajstić information content (AvgIpc) is 2.46. The largest absolute Gasteiger partial charge is 0.486 e. The molecule has 1 aromatic carbocycles. The molecule has 3 rings (SSSR count). The first-order chi connectivity index (χ1) is 9.33. The van der Waals surface area contributed by atoms with Gasteiger partial charge in [-0.15, -0.1) is 0 Å². The molecule has 0 saturated carbocycles. The predicted octanol–water partition coefficient (Wildman–Crippen LogP) is 3.12. The highest BCUT2D eigenvalue weighted by Crippen LogP contribution is 2.31. The molecule has 0 amide bonds. The van der Waals surface area contributed by atoms with Crippen molar-refractivity contribution in [2.75, 3.05) is 18.5 Å². The Morgan fingerprint density at radius 1 is 1.16 bits per heavy atom. The van der Waals surface area contributed by atoms with E-state index in [2.05, 4.69) is 10.3 Å². The Kier molecular flexibility index (Phi) is 3.42. The number of hydrogen-bond acceptors (Lipinski definition) is 4. The first kappa shape index (κ1) is 12.1. The van der Waals surface area contributed by atoms with Crippen LogP contribution in [0.5, 0.6) is 11.5 Å². The second-order valence-corrected chi connectivity index (χ2v) is 4.53. The minimum atomic E-state index is 0.472. The lowest BCUT2D eigenvalue weighted by Crippen LogP contribution is -2.15. The molecule has 0 radical (unpaired) electrons. The summed E-state index contributed by atoms with van der Waals surface area (Å²) in [6, 6.07) is 9.65. The van der Waals surface area contributed by atoms with Crippen molar-refractivity contribution >= 4 is 17.3 Å². The first-order valence-corrected chi connectivity index (χ1v) is 6.43. The molecule has 1 aliphatic rings. The van der Waals surface area contributed by atoms with E-state index in [1.165, 1.54) is 0 Å². The lowest BCUT2D eigenvalue weighted by Gasteiger charge is -2.19. The van der Waals surface area contributed by atoms with Crippen LogP contribution in [0.4, 0.5) is 5.69 Å². The molecule has 4 nitrogen and oxygen atoms in total. The molecule has 0 spiro atoms. The molecule has 0 unspecified atom stereocenters. The zero-order valence-electron chi connectivity index (χ0n) is 10.2. The lowest BCUT2D eigenvalue weighted by atomic mass is 10.2. The lowest BCUT2D eigenvalue weighted by molar-refractivity contribution is 0.171. The summed E-state index contributed by atoms with van der Waals surface area (Å²) < 4.78 is 11.0. The number of aromatic nitrogens is 1. The van der Waals surface area contributed by atoms with Gasteiger partial charge < -0.3 is 14.8 Å². The number of nitrogens with zero attached hydrogens (tertiary/aromatic N) is 1. The number of pyridine rings is 1. The Morgan fingerprint density at radius 2 is 2.00 bits per heavy atom. The maximum absolute atomic E-state index is 5.99. The Bertz CT molecular complexity index is 589. The van der Waals surface area contributed by atoms with Gasteiger partial charge in [0.25, 0.3) is 0 Å². The predicted molar refractivity (Wildman–Crippen MR) is 74.0 cm³/mol. The molecule has 1 aliphatic heterocycles. The molecule has 0 saturated heterocycles. The fraction of sp³-hybridized carbons (Fsp3) is 0.214. The summed E-state index contributed by atoms with van der Waals surface area (Å²) in [4.78, 5) is 4.02. The molecule has 2 heterocycles. The van der Waals surface area contributed by atoms with Crippen molar-refractivity contribution in [3.05, 3.63) is 47.2 Å². The Morgan fingerprint density at radius 3 is 2.84 bits per heavy atom. The highest BCUT2D eigenvalue weighted by atomic mass is 35.5. The summed E-state index contributed by atoms with van der Waals surface area (Å²) in [5.41, 5.74) is 1.92. The van der Waals surface area contributed by atoms with E-state index in [4.69, 9.17) is 21.1 Å². The quantitative estimate of drug-likeness (QED) is 0.875. The summed E-state index contributed by atoms with van der Waals surface area (Å²) >= 11 is 5.99. The van der Waals surface area contributed by atoms with Crippen molar-refractivity contribution in [2.24, 2.45) is 0 Å². The van der Waals surface area contributed by atoms with E-state index >= 15 is 0 Å². The van der Waals surface area contributed by atoms with Crippen LogP contribution in [0.3, 0.4) is 0 Å². The van der Waals surface area contributed by atoms with Crippen LogP contribution in [-0.4, -0.2) is 18.2 Å². The molecular formula is C14H13ClN2O2. The summed E-state index contributed by atoms with van der Waals surface area (Å²) in [5, 5.41) is 3.72. The van der Waals surface area contributed by atoms with Gasteiger partial charge in [-0.3, -0.25) is 0 Å². The molecule has 1 N–H and O–H groups in total. The molecule has 0 fully saturated rings. The number of ether oxygens (including phenoxy) is 2. The smallest absolute Gasteiger partial charge is 0.161 e. The van der Waals surface area contributed by atoms with Gasteiger partial charge in [0.1, 0.15) is 13.2 Å². The SMILES string of the molecule is Clc1ncccc1NCc1ccc2c(c1)OCCO2. The minimum absolute atomic E-state index is 0.472. The monoisotopic (exact) mass is 276 g/mol. The van der Waals surface area contributed by atoms with Crippen LogP contribution in [0.2, 0.25) is 5.15 Å².